The average Bonchev–Trinajstić information content (AvgIpc) is 3.28. The molecule has 0 atom stereocenters. The molecule has 2 aromatic heterocycles. The molecule has 0 unspecified atom stereocenters. The molecule has 0 aliphatic rings. The van der Waals surface area contributed by atoms with E-state index in [-0.39, 0.29) is 12.1 Å². The lowest BCUT2D eigenvalue weighted by Crippen LogP contribution is -2.29. The number of nitrogens with one attached hydrogen (secondary N) is 2. The maximum absolute atomic E-state index is 12.5. The summed E-state index contributed by atoms with van der Waals surface area (Å²) in [6.45, 7) is 0.0613. The lowest BCUT2D eigenvalue weighted by Gasteiger charge is -2.12. The van der Waals surface area contributed by atoms with Gasteiger partial charge in [-0.25, -0.2) is 9.78 Å². The minimum absolute atomic E-state index is 0.0613. The summed E-state index contributed by atoms with van der Waals surface area (Å²) in [7, 11) is 4.64. The van der Waals surface area contributed by atoms with Gasteiger partial charge in [0.2, 0.25) is 4.96 Å². The number of amides is 2. The topological polar surface area (TPSA) is 116 Å². The van der Waals surface area contributed by atoms with E-state index in [0.29, 0.717) is 32.8 Å². The Morgan fingerprint density at radius 1 is 1.00 bits per heavy atom. The smallest absolute Gasteiger partial charge is 0.319 e. The van der Waals surface area contributed by atoms with Crippen molar-refractivity contribution in [3.8, 4) is 27.8 Å². The van der Waals surface area contributed by atoms with Gasteiger partial charge in [0.25, 0.3) is 5.56 Å². The molecule has 4 rings (SSSR count). The van der Waals surface area contributed by atoms with E-state index in [1.807, 2.05) is 24.3 Å². The fourth-order valence-electron chi connectivity index (χ4n) is 3.04. The first-order chi connectivity index (χ1) is 16.0. The lowest BCUT2D eigenvalue weighted by atomic mass is 10.2. The highest BCUT2D eigenvalue weighted by Crippen LogP contribution is 2.29. The van der Waals surface area contributed by atoms with Crippen LogP contribution in [-0.2, 0) is 6.54 Å². The summed E-state index contributed by atoms with van der Waals surface area (Å²) in [6, 6.07) is 13.3. The van der Waals surface area contributed by atoms with Crippen molar-refractivity contribution in [2.75, 3.05) is 26.6 Å². The summed E-state index contributed by atoms with van der Waals surface area (Å²) < 4.78 is 16.8. The fraction of sp³-hybridized carbons (Fsp3) is 0.182. The summed E-state index contributed by atoms with van der Waals surface area (Å²) in [5.74, 6) is 1.79. The molecule has 0 spiro atoms. The molecule has 0 aliphatic heterocycles. The summed E-state index contributed by atoms with van der Waals surface area (Å²) in [6.07, 6.45) is 0. The van der Waals surface area contributed by atoms with E-state index in [2.05, 4.69) is 20.7 Å². The van der Waals surface area contributed by atoms with Crippen LogP contribution < -0.4 is 30.4 Å². The van der Waals surface area contributed by atoms with Crippen molar-refractivity contribution in [2.45, 2.75) is 6.54 Å². The normalized spacial score (nSPS) is 10.6. The van der Waals surface area contributed by atoms with Gasteiger partial charge in [0.1, 0.15) is 22.3 Å². The van der Waals surface area contributed by atoms with Gasteiger partial charge in [-0.3, -0.25) is 4.79 Å². The molecule has 2 heterocycles. The first-order valence-corrected chi connectivity index (χ1v) is 10.6. The average molecular weight is 468 g/mol. The molecule has 0 bridgehead atoms. The number of ether oxygens (including phenoxy) is 3. The van der Waals surface area contributed by atoms with Gasteiger partial charge in [0.15, 0.2) is 0 Å². The van der Waals surface area contributed by atoms with E-state index in [0.717, 1.165) is 11.3 Å². The highest BCUT2D eigenvalue weighted by molar-refractivity contribution is 7.19. The van der Waals surface area contributed by atoms with Gasteiger partial charge in [0.05, 0.1) is 39.3 Å². The van der Waals surface area contributed by atoms with Crippen LogP contribution in [0.4, 0.5) is 10.5 Å². The maximum atomic E-state index is 12.5. The zero-order valence-corrected chi connectivity index (χ0v) is 18.9. The standard InChI is InChI=1S/C22H21N5O5S/c1-30-15-6-4-13(5-7-15)20-26-27-19(28)10-14(24-22(27)33-20)12-23-21(29)25-17-9-8-16(31-2)11-18(17)32-3/h4-11H,12H2,1-3H3,(H2,23,25,29). The highest BCUT2D eigenvalue weighted by atomic mass is 32.1. The number of hydrogen-bond acceptors (Lipinski definition) is 8. The van der Waals surface area contributed by atoms with Crippen molar-refractivity contribution in [3.05, 3.63) is 64.6 Å². The molecule has 2 N–H and O–H groups in total. The Morgan fingerprint density at radius 3 is 2.42 bits per heavy atom. The molecule has 0 aliphatic carbocycles. The van der Waals surface area contributed by atoms with Crippen LogP contribution in [0.15, 0.2) is 53.3 Å². The number of carbonyl (C=O) groups is 1. The summed E-state index contributed by atoms with van der Waals surface area (Å²) >= 11 is 1.28. The van der Waals surface area contributed by atoms with Gasteiger partial charge in [-0.05, 0) is 36.4 Å². The van der Waals surface area contributed by atoms with Crippen molar-refractivity contribution >= 4 is 28.0 Å². The lowest BCUT2D eigenvalue weighted by molar-refractivity contribution is 0.251. The molecule has 33 heavy (non-hydrogen) atoms. The van der Waals surface area contributed by atoms with Crippen LogP contribution in [0.3, 0.4) is 0 Å². The van der Waals surface area contributed by atoms with Gasteiger partial charge in [0, 0.05) is 17.7 Å². The molecule has 4 aromatic rings. The van der Waals surface area contributed by atoms with E-state index >= 15 is 0 Å². The molecule has 2 amide bonds. The number of benzene rings is 2. The van der Waals surface area contributed by atoms with Crippen LogP contribution in [0.25, 0.3) is 15.5 Å². The number of carbonyl (C=O) groups excluding carboxylic acids is 1. The quantitative estimate of drug-likeness (QED) is 0.429. The van der Waals surface area contributed by atoms with Crippen molar-refractivity contribution in [1.29, 1.82) is 0 Å². The summed E-state index contributed by atoms with van der Waals surface area (Å²) in [5, 5.41) is 10.4. The van der Waals surface area contributed by atoms with Crippen LogP contribution >= 0.6 is 11.3 Å². The first kappa shape index (κ1) is 22.1. The minimum atomic E-state index is -0.469. The van der Waals surface area contributed by atoms with Crippen LogP contribution in [0.2, 0.25) is 0 Å². The summed E-state index contributed by atoms with van der Waals surface area (Å²) in [4.78, 5) is 29.8. The van der Waals surface area contributed by atoms with Crippen molar-refractivity contribution in [3.63, 3.8) is 0 Å². The van der Waals surface area contributed by atoms with Gasteiger partial charge in [-0.2, -0.15) is 9.61 Å². The number of fused-ring (bicyclic) bond motifs is 1. The maximum Gasteiger partial charge on any atom is 0.319 e. The highest BCUT2D eigenvalue weighted by Gasteiger charge is 2.13. The Hall–Kier alpha value is -4.12. The van der Waals surface area contributed by atoms with Crippen molar-refractivity contribution < 1.29 is 19.0 Å². The number of aromatic nitrogens is 3. The molecule has 2 aromatic carbocycles. The second-order valence-corrected chi connectivity index (χ2v) is 7.75. The molecule has 0 saturated heterocycles. The van der Waals surface area contributed by atoms with E-state index in [9.17, 15) is 9.59 Å². The number of rotatable bonds is 7. The Bertz CT molecular complexity index is 1350. The number of anilines is 1. The zero-order valence-electron chi connectivity index (χ0n) is 18.1. The third-order valence-corrected chi connectivity index (χ3v) is 5.68. The molecule has 11 heteroatoms. The van der Waals surface area contributed by atoms with E-state index in [4.69, 9.17) is 14.2 Å². The van der Waals surface area contributed by atoms with Gasteiger partial charge >= 0.3 is 6.03 Å². The fourth-order valence-corrected chi connectivity index (χ4v) is 3.97. The number of nitrogens with zero attached hydrogens (tertiary/aromatic N) is 3. The molecule has 10 nitrogen and oxygen atoms in total. The summed E-state index contributed by atoms with van der Waals surface area (Å²) in [5.41, 5.74) is 1.41. The van der Waals surface area contributed by atoms with Crippen LogP contribution in [0.1, 0.15) is 5.69 Å². The molecule has 0 radical (unpaired) electrons. The Morgan fingerprint density at radius 2 is 1.73 bits per heavy atom. The Balaban J connectivity index is 1.47. The number of hydrogen-bond donors (Lipinski definition) is 2. The second-order valence-electron chi connectivity index (χ2n) is 6.79. The molecule has 170 valence electrons. The SMILES string of the molecule is COc1ccc(-c2nn3c(=O)cc(CNC(=O)Nc4ccc(OC)cc4OC)nc3s2)cc1. The van der Waals surface area contributed by atoms with Crippen molar-refractivity contribution in [1.82, 2.24) is 19.9 Å². The van der Waals surface area contributed by atoms with E-state index < -0.39 is 6.03 Å². The van der Waals surface area contributed by atoms with Crippen LogP contribution in [-0.4, -0.2) is 42.0 Å². The molecule has 0 saturated carbocycles. The molecular formula is C22H21N5O5S. The monoisotopic (exact) mass is 467 g/mol. The van der Waals surface area contributed by atoms with Gasteiger partial charge < -0.3 is 24.8 Å². The van der Waals surface area contributed by atoms with Crippen molar-refractivity contribution in [2.24, 2.45) is 0 Å². The second kappa shape index (κ2) is 9.57. The number of methoxy groups -OCH3 is 3. The van der Waals surface area contributed by atoms with Gasteiger partial charge in [-0.15, -0.1) is 0 Å². The largest absolute Gasteiger partial charge is 0.497 e. The van der Waals surface area contributed by atoms with Crippen LogP contribution in [0, 0.1) is 0 Å². The molecular weight excluding hydrogens is 446 g/mol. The number of urea groups is 1. The Kier molecular flexibility index (Phi) is 6.41. The minimum Gasteiger partial charge on any atom is -0.497 e. The Labute approximate surface area is 192 Å². The van der Waals surface area contributed by atoms with Crippen LogP contribution in [0.5, 0.6) is 17.2 Å². The molecule has 0 fully saturated rings. The predicted octanol–water partition coefficient (Wildman–Crippen LogP) is 3.17. The first-order valence-electron chi connectivity index (χ1n) is 9.82. The van der Waals surface area contributed by atoms with E-state index in [1.165, 1.54) is 29.0 Å². The third-order valence-electron chi connectivity index (χ3n) is 4.72. The predicted molar refractivity (Wildman–Crippen MR) is 125 cm³/mol. The van der Waals surface area contributed by atoms with E-state index in [1.54, 1.807) is 32.4 Å². The third kappa shape index (κ3) is 4.88. The zero-order chi connectivity index (χ0) is 23.4. The van der Waals surface area contributed by atoms with Gasteiger partial charge in [-0.1, -0.05) is 11.3 Å².